The normalized spacial score (nSPS) is 12.1. The molecule has 0 bridgehead atoms. The van der Waals surface area contributed by atoms with Gasteiger partial charge in [-0.05, 0) is 50.6 Å². The zero-order valence-corrected chi connectivity index (χ0v) is 16.5. The number of non-ortho nitro benzene ring substituents is 1. The first-order valence-corrected chi connectivity index (χ1v) is 10.8. The van der Waals surface area contributed by atoms with Crippen LogP contribution in [-0.4, -0.2) is 27.8 Å². The van der Waals surface area contributed by atoms with Crippen molar-refractivity contribution in [3.05, 3.63) is 58.1 Å². The summed E-state index contributed by atoms with van der Waals surface area (Å²) in [5.74, 6) is 0. The molecule has 9 nitrogen and oxygen atoms in total. The lowest BCUT2D eigenvalue weighted by Gasteiger charge is -2.12. The molecule has 0 amide bonds. The summed E-state index contributed by atoms with van der Waals surface area (Å²) in [6, 6.07) is 8.40. The van der Waals surface area contributed by atoms with Gasteiger partial charge in [-0.25, -0.2) is 21.6 Å². The van der Waals surface area contributed by atoms with Gasteiger partial charge in [-0.15, -0.1) is 0 Å². The van der Waals surface area contributed by atoms with Gasteiger partial charge in [-0.2, -0.15) is 0 Å². The van der Waals surface area contributed by atoms with Crippen molar-refractivity contribution >= 4 is 31.4 Å². The summed E-state index contributed by atoms with van der Waals surface area (Å²) >= 11 is 0. The van der Waals surface area contributed by atoms with E-state index in [1.807, 2.05) is 0 Å². The van der Waals surface area contributed by atoms with Crippen molar-refractivity contribution < 1.29 is 21.8 Å². The summed E-state index contributed by atoms with van der Waals surface area (Å²) in [5, 5.41) is 10.9. The maximum absolute atomic E-state index is 12.6. The molecule has 0 aliphatic heterocycles. The third kappa shape index (κ3) is 5.02. The van der Waals surface area contributed by atoms with E-state index in [1.54, 1.807) is 13.8 Å². The Hall–Kier alpha value is -2.50. The summed E-state index contributed by atoms with van der Waals surface area (Å²) in [6.45, 7) is 4.88. The molecule has 2 aromatic rings. The van der Waals surface area contributed by atoms with Crippen LogP contribution < -0.4 is 9.44 Å². The minimum Gasteiger partial charge on any atom is -0.280 e. The number of hydrogen-bond donors (Lipinski definition) is 2. The summed E-state index contributed by atoms with van der Waals surface area (Å²) in [4.78, 5) is 9.97. The molecular weight excluding hydrogens is 394 g/mol. The molecule has 0 saturated carbocycles. The summed E-state index contributed by atoms with van der Waals surface area (Å²) in [6.07, 6.45) is 0. The van der Waals surface area contributed by atoms with Gasteiger partial charge in [-0.3, -0.25) is 14.8 Å². The molecule has 146 valence electrons. The molecule has 0 radical (unpaired) electrons. The van der Waals surface area contributed by atoms with Crippen molar-refractivity contribution in [1.29, 1.82) is 0 Å². The first-order valence-electron chi connectivity index (χ1n) is 7.82. The Labute approximate surface area is 157 Å². The standard InChI is InChI=1S/C16H19N3O6S2/c1-11(2)17-26(22,23)15-8-5-13(6-9-15)18-27(24,25)16-10-14(19(20)21)7-4-12(16)3/h4-11,17-18H,1-3H3. The summed E-state index contributed by atoms with van der Waals surface area (Å²) in [7, 11) is -7.78. The maximum Gasteiger partial charge on any atom is 0.270 e. The van der Waals surface area contributed by atoms with E-state index in [-0.39, 0.29) is 27.2 Å². The van der Waals surface area contributed by atoms with Crippen LogP contribution in [0.3, 0.4) is 0 Å². The van der Waals surface area contributed by atoms with Crippen molar-refractivity contribution in [2.75, 3.05) is 4.72 Å². The number of nitro benzene ring substituents is 1. The van der Waals surface area contributed by atoms with E-state index in [4.69, 9.17) is 0 Å². The fourth-order valence-corrected chi connectivity index (χ4v) is 4.86. The van der Waals surface area contributed by atoms with Crippen molar-refractivity contribution in [2.24, 2.45) is 0 Å². The second kappa shape index (κ2) is 7.62. The van der Waals surface area contributed by atoms with Crippen molar-refractivity contribution in [3.8, 4) is 0 Å². The molecule has 0 aliphatic rings. The van der Waals surface area contributed by atoms with E-state index < -0.39 is 25.0 Å². The predicted molar refractivity (Wildman–Crippen MR) is 101 cm³/mol. The van der Waals surface area contributed by atoms with Crippen LogP contribution in [0.2, 0.25) is 0 Å². The summed E-state index contributed by atoms with van der Waals surface area (Å²) < 4.78 is 54.0. The van der Waals surface area contributed by atoms with Crippen molar-refractivity contribution in [1.82, 2.24) is 4.72 Å². The maximum atomic E-state index is 12.6. The minimum atomic E-state index is -4.09. The molecule has 27 heavy (non-hydrogen) atoms. The molecule has 0 fully saturated rings. The monoisotopic (exact) mass is 413 g/mol. The molecule has 0 aromatic heterocycles. The molecule has 0 unspecified atom stereocenters. The first kappa shape index (κ1) is 20.8. The lowest BCUT2D eigenvalue weighted by atomic mass is 10.2. The van der Waals surface area contributed by atoms with E-state index >= 15 is 0 Å². The lowest BCUT2D eigenvalue weighted by Crippen LogP contribution is -2.30. The van der Waals surface area contributed by atoms with Gasteiger partial charge in [0.15, 0.2) is 0 Å². The highest BCUT2D eigenvalue weighted by Gasteiger charge is 2.21. The molecule has 2 rings (SSSR count). The van der Waals surface area contributed by atoms with Crippen LogP contribution in [0, 0.1) is 17.0 Å². The van der Waals surface area contributed by atoms with E-state index in [9.17, 15) is 26.9 Å². The number of rotatable bonds is 7. The molecule has 0 atom stereocenters. The third-order valence-electron chi connectivity index (χ3n) is 3.48. The minimum absolute atomic E-state index is 0.00863. The van der Waals surface area contributed by atoms with E-state index in [0.29, 0.717) is 5.56 Å². The van der Waals surface area contributed by atoms with Crippen LogP contribution in [0.25, 0.3) is 0 Å². The zero-order chi connectivity index (χ0) is 20.4. The number of nitro groups is 1. The molecule has 0 aliphatic carbocycles. The molecule has 0 saturated heterocycles. The van der Waals surface area contributed by atoms with Gasteiger partial charge in [0.2, 0.25) is 10.0 Å². The Bertz CT molecular complexity index is 1060. The van der Waals surface area contributed by atoms with Crippen LogP contribution in [0.5, 0.6) is 0 Å². The zero-order valence-electron chi connectivity index (χ0n) is 14.8. The highest BCUT2D eigenvalue weighted by molar-refractivity contribution is 7.92. The van der Waals surface area contributed by atoms with Gasteiger partial charge in [0.1, 0.15) is 0 Å². The number of aryl methyl sites for hydroxylation is 1. The van der Waals surface area contributed by atoms with Gasteiger partial charge in [-0.1, -0.05) is 6.07 Å². The van der Waals surface area contributed by atoms with Crippen LogP contribution in [0.4, 0.5) is 11.4 Å². The highest BCUT2D eigenvalue weighted by atomic mass is 32.2. The van der Waals surface area contributed by atoms with Crippen molar-refractivity contribution in [2.45, 2.75) is 36.6 Å². The number of nitrogens with one attached hydrogen (secondary N) is 2. The quantitative estimate of drug-likeness (QED) is 0.528. The average Bonchev–Trinajstić information content (AvgIpc) is 2.53. The van der Waals surface area contributed by atoms with Gasteiger partial charge in [0, 0.05) is 23.9 Å². The molecule has 0 heterocycles. The van der Waals surface area contributed by atoms with Gasteiger partial charge in [0.05, 0.1) is 14.7 Å². The second-order valence-electron chi connectivity index (χ2n) is 6.11. The molecular formula is C16H19N3O6S2. The number of hydrogen-bond acceptors (Lipinski definition) is 6. The average molecular weight is 413 g/mol. The van der Waals surface area contributed by atoms with E-state index in [0.717, 1.165) is 6.07 Å². The Morgan fingerprint density at radius 3 is 2.07 bits per heavy atom. The van der Waals surface area contributed by atoms with Gasteiger partial charge in [0.25, 0.3) is 15.7 Å². The van der Waals surface area contributed by atoms with Gasteiger partial charge < -0.3 is 0 Å². The Morgan fingerprint density at radius 1 is 0.963 bits per heavy atom. The fourth-order valence-electron chi connectivity index (χ4n) is 2.28. The Balaban J connectivity index is 2.32. The molecule has 0 spiro atoms. The number of anilines is 1. The Kier molecular flexibility index (Phi) is 5.88. The van der Waals surface area contributed by atoms with E-state index in [2.05, 4.69) is 9.44 Å². The molecule has 2 aromatic carbocycles. The number of sulfonamides is 2. The SMILES string of the molecule is Cc1ccc([N+](=O)[O-])cc1S(=O)(=O)Nc1ccc(S(=O)(=O)NC(C)C)cc1. The summed E-state index contributed by atoms with van der Waals surface area (Å²) in [5.41, 5.74) is 0.125. The Morgan fingerprint density at radius 2 is 1.56 bits per heavy atom. The number of nitrogens with zero attached hydrogens (tertiary/aromatic N) is 1. The second-order valence-corrected chi connectivity index (χ2v) is 9.48. The number of benzene rings is 2. The van der Waals surface area contributed by atoms with Crippen LogP contribution in [-0.2, 0) is 20.0 Å². The fraction of sp³-hybridized carbons (Fsp3) is 0.250. The van der Waals surface area contributed by atoms with E-state index in [1.165, 1.54) is 43.3 Å². The molecule has 11 heteroatoms. The largest absolute Gasteiger partial charge is 0.280 e. The van der Waals surface area contributed by atoms with Crippen LogP contribution in [0.15, 0.2) is 52.3 Å². The predicted octanol–water partition coefficient (Wildman–Crippen LogP) is 2.39. The third-order valence-corrected chi connectivity index (χ3v) is 6.68. The lowest BCUT2D eigenvalue weighted by molar-refractivity contribution is -0.385. The van der Waals surface area contributed by atoms with Crippen LogP contribution in [0.1, 0.15) is 19.4 Å². The first-order chi connectivity index (χ1) is 12.4. The van der Waals surface area contributed by atoms with Gasteiger partial charge >= 0.3 is 0 Å². The van der Waals surface area contributed by atoms with Crippen LogP contribution >= 0.6 is 0 Å². The highest BCUT2D eigenvalue weighted by Crippen LogP contribution is 2.24. The topological polar surface area (TPSA) is 135 Å². The van der Waals surface area contributed by atoms with Crippen molar-refractivity contribution in [3.63, 3.8) is 0 Å². The molecule has 2 N–H and O–H groups in total. The smallest absolute Gasteiger partial charge is 0.270 e.